The molecule has 0 radical (unpaired) electrons. The van der Waals surface area contributed by atoms with Gasteiger partial charge in [-0.3, -0.25) is 4.79 Å². The number of carbonyl (C=O) groups is 1. The fourth-order valence-electron chi connectivity index (χ4n) is 4.10. The van der Waals surface area contributed by atoms with E-state index in [0.717, 1.165) is 17.5 Å². The molecule has 0 spiro atoms. The van der Waals surface area contributed by atoms with Crippen molar-refractivity contribution >= 4 is 23.0 Å². The molecular formula is C19H20N6O2. The molecule has 0 bridgehead atoms. The third-order valence-electron chi connectivity index (χ3n) is 5.53. The van der Waals surface area contributed by atoms with E-state index in [-0.39, 0.29) is 18.6 Å². The minimum absolute atomic E-state index is 0.0743. The minimum Gasteiger partial charge on any atom is -0.364 e. The van der Waals surface area contributed by atoms with Crippen molar-refractivity contribution in [1.82, 2.24) is 24.8 Å². The third-order valence-corrected chi connectivity index (χ3v) is 5.53. The second-order valence-corrected chi connectivity index (χ2v) is 7.12. The molecule has 2 atom stereocenters. The number of anilines is 1. The Bertz CT molecular complexity index is 1000. The monoisotopic (exact) mass is 364 g/mol. The normalized spacial score (nSPS) is 25.3. The predicted molar refractivity (Wildman–Crippen MR) is 99.1 cm³/mol. The number of aromatic nitrogens is 4. The van der Waals surface area contributed by atoms with Crippen LogP contribution in [0.25, 0.3) is 11.2 Å². The number of amides is 1. The molecule has 5 rings (SSSR count). The van der Waals surface area contributed by atoms with Gasteiger partial charge in [0.2, 0.25) is 11.9 Å². The van der Waals surface area contributed by atoms with Gasteiger partial charge in [-0.05, 0) is 12.0 Å². The molecule has 0 aliphatic carbocycles. The molecular weight excluding hydrogens is 344 g/mol. The Hall–Kier alpha value is -3.00. The van der Waals surface area contributed by atoms with Crippen molar-refractivity contribution in [1.29, 1.82) is 0 Å². The molecule has 2 saturated heterocycles. The molecule has 4 heterocycles. The zero-order valence-electron chi connectivity index (χ0n) is 15.0. The van der Waals surface area contributed by atoms with Crippen LogP contribution in [0.1, 0.15) is 12.0 Å². The van der Waals surface area contributed by atoms with Gasteiger partial charge in [-0.15, -0.1) is 0 Å². The number of imidazole rings is 1. The Balaban J connectivity index is 1.48. The summed E-state index contributed by atoms with van der Waals surface area (Å²) in [6.45, 7) is 1.40. The van der Waals surface area contributed by atoms with Crippen molar-refractivity contribution in [3.8, 4) is 0 Å². The molecule has 27 heavy (non-hydrogen) atoms. The van der Waals surface area contributed by atoms with Crippen LogP contribution >= 0.6 is 0 Å². The van der Waals surface area contributed by atoms with Gasteiger partial charge < -0.3 is 19.5 Å². The summed E-state index contributed by atoms with van der Waals surface area (Å²) in [5.41, 5.74) is 2.14. The van der Waals surface area contributed by atoms with Crippen LogP contribution in [-0.2, 0) is 22.1 Å². The summed E-state index contributed by atoms with van der Waals surface area (Å²) in [6, 6.07) is 10.1. The van der Waals surface area contributed by atoms with E-state index >= 15 is 0 Å². The Morgan fingerprint density at radius 1 is 1.26 bits per heavy atom. The third kappa shape index (κ3) is 2.56. The standard InChI is InChI=1S/C19H20N6O2/c1-24-12-21-17-14(24)9-20-18(22-17)25-8-7-19(13-5-3-2-4-6-13)15(10-25)27-11-16(26)23-19/h2-6,9,12,15H,7-8,10-11H2,1H3,(H,23,26)/t15-,19+/m1/s1. The largest absolute Gasteiger partial charge is 0.364 e. The van der Waals surface area contributed by atoms with E-state index in [1.807, 2.05) is 41.9 Å². The highest BCUT2D eigenvalue weighted by atomic mass is 16.5. The van der Waals surface area contributed by atoms with Gasteiger partial charge in [0, 0.05) is 20.1 Å². The Morgan fingerprint density at radius 2 is 2.11 bits per heavy atom. The number of aryl methyl sites for hydroxylation is 1. The number of morpholine rings is 1. The summed E-state index contributed by atoms with van der Waals surface area (Å²) in [4.78, 5) is 27.7. The van der Waals surface area contributed by atoms with Crippen LogP contribution in [0.2, 0.25) is 0 Å². The minimum atomic E-state index is -0.512. The maximum absolute atomic E-state index is 12.1. The van der Waals surface area contributed by atoms with Gasteiger partial charge in [0.1, 0.15) is 18.2 Å². The molecule has 2 aliphatic heterocycles. The highest BCUT2D eigenvalue weighted by Gasteiger charge is 2.49. The van der Waals surface area contributed by atoms with E-state index in [9.17, 15) is 4.79 Å². The van der Waals surface area contributed by atoms with Gasteiger partial charge in [0.05, 0.1) is 18.1 Å². The molecule has 1 amide bonds. The van der Waals surface area contributed by atoms with E-state index in [0.29, 0.717) is 24.7 Å². The van der Waals surface area contributed by atoms with Crippen LogP contribution in [0.15, 0.2) is 42.9 Å². The van der Waals surface area contributed by atoms with Gasteiger partial charge in [-0.2, -0.15) is 4.98 Å². The Labute approximate surface area is 156 Å². The Morgan fingerprint density at radius 3 is 2.96 bits per heavy atom. The summed E-state index contributed by atoms with van der Waals surface area (Å²) < 4.78 is 7.86. The van der Waals surface area contributed by atoms with E-state index in [1.54, 1.807) is 12.5 Å². The first-order valence-corrected chi connectivity index (χ1v) is 9.03. The molecule has 138 valence electrons. The summed E-state index contributed by atoms with van der Waals surface area (Å²) in [7, 11) is 1.92. The molecule has 0 unspecified atom stereocenters. The zero-order valence-corrected chi connectivity index (χ0v) is 15.0. The molecule has 8 nitrogen and oxygen atoms in total. The number of nitrogens with one attached hydrogen (secondary N) is 1. The van der Waals surface area contributed by atoms with Gasteiger partial charge in [-0.1, -0.05) is 30.3 Å². The maximum Gasteiger partial charge on any atom is 0.246 e. The molecule has 2 fully saturated rings. The topological polar surface area (TPSA) is 85.2 Å². The second-order valence-electron chi connectivity index (χ2n) is 7.12. The smallest absolute Gasteiger partial charge is 0.246 e. The number of hydrogen-bond acceptors (Lipinski definition) is 6. The number of piperidine rings is 1. The van der Waals surface area contributed by atoms with Crippen molar-refractivity contribution in [2.45, 2.75) is 18.1 Å². The first-order chi connectivity index (χ1) is 13.2. The van der Waals surface area contributed by atoms with Crippen LogP contribution in [0.5, 0.6) is 0 Å². The average molecular weight is 364 g/mol. The highest BCUT2D eigenvalue weighted by molar-refractivity contribution is 5.79. The maximum atomic E-state index is 12.1. The quantitative estimate of drug-likeness (QED) is 0.730. The van der Waals surface area contributed by atoms with E-state index in [2.05, 4.69) is 25.2 Å². The van der Waals surface area contributed by atoms with E-state index < -0.39 is 5.54 Å². The van der Waals surface area contributed by atoms with Crippen LogP contribution in [0, 0.1) is 0 Å². The van der Waals surface area contributed by atoms with Crippen molar-refractivity contribution in [3.05, 3.63) is 48.4 Å². The van der Waals surface area contributed by atoms with Crippen LogP contribution in [0.3, 0.4) is 0 Å². The number of nitrogens with zero attached hydrogens (tertiary/aromatic N) is 5. The van der Waals surface area contributed by atoms with E-state index in [4.69, 9.17) is 4.74 Å². The van der Waals surface area contributed by atoms with Crippen LogP contribution < -0.4 is 10.2 Å². The molecule has 2 aromatic heterocycles. The van der Waals surface area contributed by atoms with Crippen molar-refractivity contribution < 1.29 is 9.53 Å². The van der Waals surface area contributed by atoms with Crippen molar-refractivity contribution in [3.63, 3.8) is 0 Å². The van der Waals surface area contributed by atoms with Crippen molar-refractivity contribution in [2.24, 2.45) is 7.05 Å². The number of benzene rings is 1. The molecule has 8 heteroatoms. The van der Waals surface area contributed by atoms with Gasteiger partial charge in [0.25, 0.3) is 0 Å². The second kappa shape index (κ2) is 6.02. The summed E-state index contributed by atoms with van der Waals surface area (Å²) in [5, 5.41) is 3.21. The number of carbonyl (C=O) groups excluding carboxylic acids is 1. The highest BCUT2D eigenvalue weighted by Crippen LogP contribution is 2.37. The fourth-order valence-corrected chi connectivity index (χ4v) is 4.10. The lowest BCUT2D eigenvalue weighted by Gasteiger charge is -2.50. The summed E-state index contributed by atoms with van der Waals surface area (Å²) >= 11 is 0. The lowest BCUT2D eigenvalue weighted by atomic mass is 9.77. The van der Waals surface area contributed by atoms with Crippen molar-refractivity contribution in [2.75, 3.05) is 24.6 Å². The van der Waals surface area contributed by atoms with Crippen LogP contribution in [-0.4, -0.2) is 51.2 Å². The first kappa shape index (κ1) is 16.2. The number of rotatable bonds is 2. The lowest BCUT2D eigenvalue weighted by Crippen LogP contribution is -2.66. The average Bonchev–Trinajstić information content (AvgIpc) is 3.08. The number of fused-ring (bicyclic) bond motifs is 2. The van der Waals surface area contributed by atoms with Gasteiger partial charge in [0.15, 0.2) is 5.65 Å². The fraction of sp³-hybridized carbons (Fsp3) is 0.368. The number of hydrogen-bond donors (Lipinski definition) is 1. The molecule has 2 aliphatic rings. The Kier molecular flexibility index (Phi) is 3.61. The summed E-state index contributed by atoms with van der Waals surface area (Å²) in [5.74, 6) is 0.568. The molecule has 0 saturated carbocycles. The van der Waals surface area contributed by atoms with E-state index in [1.165, 1.54) is 0 Å². The van der Waals surface area contributed by atoms with Gasteiger partial charge >= 0.3 is 0 Å². The molecule has 1 aromatic carbocycles. The van der Waals surface area contributed by atoms with Crippen LogP contribution in [0.4, 0.5) is 5.95 Å². The summed E-state index contributed by atoms with van der Waals surface area (Å²) in [6.07, 6.45) is 4.08. The molecule has 3 aromatic rings. The zero-order chi connectivity index (χ0) is 18.4. The predicted octanol–water partition coefficient (Wildman–Crippen LogP) is 0.984. The first-order valence-electron chi connectivity index (χ1n) is 9.03. The molecule has 1 N–H and O–H groups in total. The van der Waals surface area contributed by atoms with Gasteiger partial charge in [-0.25, -0.2) is 9.97 Å². The SMILES string of the molecule is Cn1cnc2nc(N3CC[C@@]4(c5ccccc5)NC(=O)CO[C@@H]4C3)ncc21. The lowest BCUT2D eigenvalue weighted by molar-refractivity contribution is -0.146. The number of ether oxygens (including phenoxy) is 1.